The summed E-state index contributed by atoms with van der Waals surface area (Å²) in [5.74, 6) is 1.97. The minimum absolute atomic E-state index is 0.0431. The maximum absolute atomic E-state index is 13.4. The lowest BCUT2D eigenvalue weighted by Gasteiger charge is -2.29. The van der Waals surface area contributed by atoms with Gasteiger partial charge >= 0.3 is 0 Å². The number of rotatable bonds is 2. The number of nitrogens with zero attached hydrogens (tertiary/aromatic N) is 5. The molecule has 10 heteroatoms. The van der Waals surface area contributed by atoms with Gasteiger partial charge in [-0.3, -0.25) is 14.4 Å². The van der Waals surface area contributed by atoms with Crippen LogP contribution in [0, 0.1) is 12.8 Å². The standard InChI is InChI=1S/C25H23BrClN5O2S/c1-13-29-30-24-25(4-5-25)28-21(16-12-15(26)2-3-18(16)27)20-17-10-14(11-19(17)35-23(20)32(13)24)22(33)31-6-8-34-9-7-31/h2-3,12,14H,4-11H2,1H3/t14-/m0/s1. The molecule has 1 aromatic carbocycles. The second-order valence-corrected chi connectivity index (χ2v) is 12.2. The number of carbonyl (C=O) groups is 1. The van der Waals surface area contributed by atoms with Crippen LogP contribution in [-0.2, 0) is 27.9 Å². The Morgan fingerprint density at radius 2 is 2.03 bits per heavy atom. The van der Waals surface area contributed by atoms with Crippen LogP contribution < -0.4 is 0 Å². The average molecular weight is 573 g/mol. The van der Waals surface area contributed by atoms with Gasteiger partial charge in [0.25, 0.3) is 0 Å². The fourth-order valence-electron chi connectivity index (χ4n) is 5.59. The number of benzene rings is 1. The molecule has 2 aliphatic carbocycles. The summed E-state index contributed by atoms with van der Waals surface area (Å²) >= 11 is 12.2. The molecule has 1 spiro atoms. The fraction of sp³-hybridized carbons (Fsp3) is 0.440. The highest BCUT2D eigenvalue weighted by atomic mass is 79.9. The Labute approximate surface area is 220 Å². The molecule has 2 fully saturated rings. The van der Waals surface area contributed by atoms with Gasteiger partial charge in [0.05, 0.1) is 23.9 Å². The van der Waals surface area contributed by atoms with Gasteiger partial charge in [0.1, 0.15) is 16.4 Å². The van der Waals surface area contributed by atoms with Crippen molar-refractivity contribution in [2.45, 2.75) is 38.1 Å². The Hall–Kier alpha value is -2.07. The molecule has 180 valence electrons. The van der Waals surface area contributed by atoms with E-state index in [2.05, 4.69) is 36.8 Å². The lowest BCUT2D eigenvalue weighted by molar-refractivity contribution is -0.139. The van der Waals surface area contributed by atoms with E-state index in [9.17, 15) is 4.79 Å². The van der Waals surface area contributed by atoms with Crippen molar-refractivity contribution in [3.63, 3.8) is 0 Å². The smallest absolute Gasteiger partial charge is 0.226 e. The van der Waals surface area contributed by atoms with Gasteiger partial charge in [-0.25, -0.2) is 0 Å². The molecule has 4 heterocycles. The van der Waals surface area contributed by atoms with Gasteiger partial charge in [0.2, 0.25) is 5.91 Å². The summed E-state index contributed by atoms with van der Waals surface area (Å²) in [5.41, 5.74) is 3.77. The number of aromatic nitrogens is 3. The van der Waals surface area contributed by atoms with E-state index in [4.69, 9.17) is 21.3 Å². The molecule has 0 bridgehead atoms. The van der Waals surface area contributed by atoms with Crippen molar-refractivity contribution in [3.05, 3.63) is 60.9 Å². The van der Waals surface area contributed by atoms with Crippen molar-refractivity contribution >= 4 is 50.5 Å². The van der Waals surface area contributed by atoms with Crippen molar-refractivity contribution < 1.29 is 9.53 Å². The molecule has 1 atom stereocenters. The topological polar surface area (TPSA) is 72.6 Å². The minimum Gasteiger partial charge on any atom is -0.378 e. The van der Waals surface area contributed by atoms with Crippen molar-refractivity contribution in [1.82, 2.24) is 19.7 Å². The number of fused-ring (bicyclic) bond motifs is 6. The lowest BCUT2D eigenvalue weighted by Crippen LogP contribution is -2.44. The first-order chi connectivity index (χ1) is 16.9. The molecule has 7 nitrogen and oxygen atoms in total. The number of ether oxygens (including phenoxy) is 1. The molecule has 7 rings (SSSR count). The number of thiophene rings is 1. The van der Waals surface area contributed by atoms with E-state index in [0.717, 1.165) is 57.2 Å². The zero-order valence-electron chi connectivity index (χ0n) is 19.2. The Morgan fingerprint density at radius 3 is 2.80 bits per heavy atom. The molecule has 1 saturated heterocycles. The largest absolute Gasteiger partial charge is 0.378 e. The molecule has 35 heavy (non-hydrogen) atoms. The van der Waals surface area contributed by atoms with Crippen molar-refractivity contribution in [1.29, 1.82) is 0 Å². The maximum Gasteiger partial charge on any atom is 0.226 e. The molecular formula is C25H23BrClN5O2S. The summed E-state index contributed by atoms with van der Waals surface area (Å²) in [6, 6.07) is 5.91. The van der Waals surface area contributed by atoms with Gasteiger partial charge in [-0.1, -0.05) is 27.5 Å². The molecule has 0 N–H and O–H groups in total. The van der Waals surface area contributed by atoms with Crippen LogP contribution in [0.4, 0.5) is 0 Å². The lowest BCUT2D eigenvalue weighted by atomic mass is 9.97. The fourth-order valence-corrected chi connectivity index (χ4v) is 7.62. The number of carbonyl (C=O) groups excluding carboxylic acids is 1. The third kappa shape index (κ3) is 3.38. The van der Waals surface area contributed by atoms with E-state index in [1.54, 1.807) is 11.3 Å². The maximum atomic E-state index is 13.4. The van der Waals surface area contributed by atoms with Gasteiger partial charge in [0.15, 0.2) is 5.82 Å². The Kier molecular flexibility index (Phi) is 5.04. The van der Waals surface area contributed by atoms with E-state index in [-0.39, 0.29) is 17.4 Å². The number of hydrogen-bond acceptors (Lipinski definition) is 6. The van der Waals surface area contributed by atoms with Crippen LogP contribution in [0.5, 0.6) is 0 Å². The first-order valence-electron chi connectivity index (χ1n) is 11.9. The predicted octanol–water partition coefficient (Wildman–Crippen LogP) is 4.47. The van der Waals surface area contributed by atoms with Crippen LogP contribution in [0.1, 0.15) is 46.1 Å². The van der Waals surface area contributed by atoms with Gasteiger partial charge in [-0.15, -0.1) is 21.5 Å². The van der Waals surface area contributed by atoms with Crippen LogP contribution in [0.15, 0.2) is 27.7 Å². The van der Waals surface area contributed by atoms with E-state index >= 15 is 0 Å². The molecule has 1 amide bonds. The summed E-state index contributed by atoms with van der Waals surface area (Å²) in [4.78, 5) is 22.0. The molecule has 2 aromatic heterocycles. The van der Waals surface area contributed by atoms with Gasteiger partial charge in [0, 0.05) is 39.5 Å². The molecular weight excluding hydrogens is 550 g/mol. The molecule has 1 saturated carbocycles. The average Bonchev–Trinajstić information content (AvgIpc) is 3.20. The van der Waals surface area contributed by atoms with E-state index in [1.165, 1.54) is 10.4 Å². The third-order valence-corrected chi connectivity index (χ3v) is 9.60. The first-order valence-corrected chi connectivity index (χ1v) is 13.9. The normalized spacial score (nSPS) is 21.9. The highest BCUT2D eigenvalue weighted by molar-refractivity contribution is 9.10. The summed E-state index contributed by atoms with van der Waals surface area (Å²) in [7, 11) is 0. The van der Waals surface area contributed by atoms with Crippen LogP contribution in [0.25, 0.3) is 5.00 Å². The molecule has 0 unspecified atom stereocenters. The van der Waals surface area contributed by atoms with Crippen molar-refractivity contribution in [3.8, 4) is 5.00 Å². The molecule has 0 radical (unpaired) electrons. The number of hydrogen-bond donors (Lipinski definition) is 0. The predicted molar refractivity (Wildman–Crippen MR) is 138 cm³/mol. The van der Waals surface area contributed by atoms with Gasteiger partial charge < -0.3 is 9.64 Å². The van der Waals surface area contributed by atoms with E-state index in [0.29, 0.717) is 37.7 Å². The zero-order valence-corrected chi connectivity index (χ0v) is 22.3. The first kappa shape index (κ1) is 22.2. The zero-order chi connectivity index (χ0) is 23.9. The summed E-state index contributed by atoms with van der Waals surface area (Å²) < 4.78 is 8.61. The molecule has 4 aliphatic rings. The Bertz CT molecular complexity index is 1420. The second kappa shape index (κ2) is 7.96. The van der Waals surface area contributed by atoms with Gasteiger partial charge in [-0.2, -0.15) is 0 Å². The Morgan fingerprint density at radius 1 is 1.23 bits per heavy atom. The van der Waals surface area contributed by atoms with Crippen molar-refractivity contribution in [2.75, 3.05) is 26.3 Å². The van der Waals surface area contributed by atoms with Crippen LogP contribution in [-0.4, -0.2) is 57.6 Å². The van der Waals surface area contributed by atoms with E-state index < -0.39 is 0 Å². The highest BCUT2D eigenvalue weighted by Gasteiger charge is 2.52. The quantitative estimate of drug-likeness (QED) is 0.454. The monoisotopic (exact) mass is 571 g/mol. The number of aliphatic imine (C=N–C) groups is 1. The highest BCUT2D eigenvalue weighted by Crippen LogP contribution is 2.54. The van der Waals surface area contributed by atoms with Crippen LogP contribution >= 0.6 is 38.9 Å². The second-order valence-electron chi connectivity index (χ2n) is 9.75. The summed E-state index contributed by atoms with van der Waals surface area (Å²) in [6.07, 6.45) is 3.35. The summed E-state index contributed by atoms with van der Waals surface area (Å²) in [6.45, 7) is 4.58. The van der Waals surface area contributed by atoms with Crippen LogP contribution in [0.3, 0.4) is 0 Å². The van der Waals surface area contributed by atoms with Crippen LogP contribution in [0.2, 0.25) is 5.02 Å². The number of aryl methyl sites for hydroxylation is 1. The molecule has 3 aromatic rings. The van der Waals surface area contributed by atoms with E-state index in [1.807, 2.05) is 24.0 Å². The Balaban J connectivity index is 1.39. The third-order valence-electron chi connectivity index (χ3n) is 7.54. The SMILES string of the molecule is Cc1nnc2n1-c1sc3c(c1C(c1cc(Br)ccc1Cl)=NC21CC1)C[C@H](C(=O)N1CCOCC1)C3. The van der Waals surface area contributed by atoms with Gasteiger partial charge in [-0.05, 0) is 56.4 Å². The molecule has 2 aliphatic heterocycles. The number of morpholine rings is 1. The minimum atomic E-state index is -0.366. The number of halogens is 2. The summed E-state index contributed by atoms with van der Waals surface area (Å²) in [5, 5.41) is 10.8. The number of amides is 1. The van der Waals surface area contributed by atoms with Crippen molar-refractivity contribution in [2.24, 2.45) is 10.9 Å².